The van der Waals surface area contributed by atoms with Crippen LogP contribution in [0.3, 0.4) is 0 Å². The van der Waals surface area contributed by atoms with Gasteiger partial charge in [0.1, 0.15) is 6.04 Å². The second-order valence-corrected chi connectivity index (χ2v) is 6.77. The fourth-order valence-electron chi connectivity index (χ4n) is 3.53. The summed E-state index contributed by atoms with van der Waals surface area (Å²) in [6, 6.07) is 6.18. The lowest BCUT2D eigenvalue weighted by molar-refractivity contribution is -0.151. The number of aromatic nitrogens is 4. The van der Waals surface area contributed by atoms with Gasteiger partial charge in [0.05, 0.1) is 41.5 Å². The molecular formula is C19H19N5O4. The minimum absolute atomic E-state index is 0.145. The molecule has 1 atom stereocenters. The van der Waals surface area contributed by atoms with Crippen LogP contribution in [0.2, 0.25) is 0 Å². The molecule has 0 saturated heterocycles. The highest BCUT2D eigenvalue weighted by Gasteiger charge is 2.35. The van der Waals surface area contributed by atoms with E-state index in [1.165, 1.54) is 22.1 Å². The number of H-pyrrole nitrogens is 1. The number of benzene rings is 1. The molecule has 1 aromatic carbocycles. The lowest BCUT2D eigenvalue weighted by Gasteiger charge is -2.32. The van der Waals surface area contributed by atoms with E-state index in [2.05, 4.69) is 15.0 Å². The molecular weight excluding hydrogens is 362 g/mol. The molecule has 0 bridgehead atoms. The Bertz CT molecular complexity index is 1100. The molecule has 3 aromatic rings. The van der Waals surface area contributed by atoms with E-state index in [9.17, 15) is 19.5 Å². The first kappa shape index (κ1) is 17.9. The van der Waals surface area contributed by atoms with Crippen LogP contribution in [-0.2, 0) is 29.1 Å². The summed E-state index contributed by atoms with van der Waals surface area (Å²) in [5.74, 6) is -1.30. The van der Waals surface area contributed by atoms with Gasteiger partial charge in [-0.15, -0.1) is 0 Å². The van der Waals surface area contributed by atoms with E-state index in [4.69, 9.17) is 0 Å². The Balaban J connectivity index is 1.44. The third-order valence-electron chi connectivity index (χ3n) is 5.03. The van der Waals surface area contributed by atoms with Gasteiger partial charge in [0.15, 0.2) is 0 Å². The summed E-state index contributed by atoms with van der Waals surface area (Å²) in [5, 5.41) is 10.0. The fraction of sp³-hybridized carbons (Fsp3) is 0.316. The van der Waals surface area contributed by atoms with Crippen molar-refractivity contribution in [3.8, 4) is 0 Å². The van der Waals surface area contributed by atoms with Gasteiger partial charge in [-0.3, -0.25) is 14.2 Å². The first-order valence-corrected chi connectivity index (χ1v) is 9.02. The van der Waals surface area contributed by atoms with Crippen molar-refractivity contribution in [2.45, 2.75) is 38.4 Å². The number of aliphatic carboxylic acids is 1. The van der Waals surface area contributed by atoms with Gasteiger partial charge in [0.2, 0.25) is 5.91 Å². The Hall–Kier alpha value is -3.49. The molecule has 0 spiro atoms. The van der Waals surface area contributed by atoms with Gasteiger partial charge < -0.3 is 15.0 Å². The molecule has 0 radical (unpaired) electrons. The summed E-state index contributed by atoms with van der Waals surface area (Å²) < 4.78 is 1.48. The predicted octanol–water partition coefficient (Wildman–Crippen LogP) is 0.938. The maximum Gasteiger partial charge on any atom is 0.326 e. The largest absolute Gasteiger partial charge is 0.480 e. The highest BCUT2D eigenvalue weighted by atomic mass is 16.4. The number of hydrogen-bond donors (Lipinski definition) is 2. The van der Waals surface area contributed by atoms with Crippen molar-refractivity contribution in [2.24, 2.45) is 0 Å². The topological polar surface area (TPSA) is 121 Å². The maximum absolute atomic E-state index is 12.7. The molecule has 1 aliphatic rings. The smallest absolute Gasteiger partial charge is 0.326 e. The molecule has 1 amide bonds. The number of carbonyl (C=O) groups excluding carboxylic acids is 1. The molecule has 28 heavy (non-hydrogen) atoms. The summed E-state index contributed by atoms with van der Waals surface area (Å²) in [5.41, 5.74) is 1.93. The Morgan fingerprint density at radius 2 is 2.07 bits per heavy atom. The van der Waals surface area contributed by atoms with E-state index in [0.29, 0.717) is 29.6 Å². The van der Waals surface area contributed by atoms with Crippen LogP contribution in [0.4, 0.5) is 0 Å². The minimum atomic E-state index is -1.04. The first-order chi connectivity index (χ1) is 13.5. The van der Waals surface area contributed by atoms with Gasteiger partial charge in [-0.2, -0.15) is 0 Å². The molecule has 9 heteroatoms. The average molecular weight is 381 g/mol. The number of para-hydroxylation sites is 1. The van der Waals surface area contributed by atoms with Crippen molar-refractivity contribution in [3.63, 3.8) is 0 Å². The lowest BCUT2D eigenvalue weighted by Crippen LogP contribution is -2.48. The fourth-order valence-corrected chi connectivity index (χ4v) is 3.53. The lowest BCUT2D eigenvalue weighted by atomic mass is 10.0. The van der Waals surface area contributed by atoms with Gasteiger partial charge in [-0.25, -0.2) is 14.8 Å². The van der Waals surface area contributed by atoms with Crippen LogP contribution in [0.1, 0.15) is 24.2 Å². The van der Waals surface area contributed by atoms with Crippen LogP contribution in [0, 0.1) is 0 Å². The second-order valence-electron chi connectivity index (χ2n) is 6.77. The number of aryl methyl sites for hydroxylation is 1. The molecule has 1 aliphatic heterocycles. The number of amides is 1. The maximum atomic E-state index is 12.7. The molecule has 0 fully saturated rings. The molecule has 144 valence electrons. The quantitative estimate of drug-likeness (QED) is 0.678. The average Bonchev–Trinajstić information content (AvgIpc) is 3.16. The van der Waals surface area contributed by atoms with E-state index >= 15 is 0 Å². The molecule has 2 N–H and O–H groups in total. The summed E-state index contributed by atoms with van der Waals surface area (Å²) in [7, 11) is 0. The first-order valence-electron chi connectivity index (χ1n) is 9.02. The van der Waals surface area contributed by atoms with Crippen LogP contribution < -0.4 is 5.56 Å². The highest BCUT2D eigenvalue weighted by molar-refractivity contribution is 5.84. The summed E-state index contributed by atoms with van der Waals surface area (Å²) in [6.45, 7) is 0.534. The number of aromatic amines is 1. The number of imidazole rings is 1. The van der Waals surface area contributed by atoms with E-state index in [-0.39, 0.29) is 30.9 Å². The zero-order valence-corrected chi connectivity index (χ0v) is 15.0. The van der Waals surface area contributed by atoms with Gasteiger partial charge in [-0.1, -0.05) is 12.1 Å². The molecule has 4 rings (SSSR count). The molecule has 2 aromatic heterocycles. The number of fused-ring (bicyclic) bond motifs is 2. The highest BCUT2D eigenvalue weighted by Crippen LogP contribution is 2.22. The zero-order valence-electron chi connectivity index (χ0n) is 15.0. The van der Waals surface area contributed by atoms with Crippen LogP contribution in [0.15, 0.2) is 41.7 Å². The van der Waals surface area contributed by atoms with Crippen molar-refractivity contribution in [2.75, 3.05) is 0 Å². The molecule has 0 saturated carbocycles. The van der Waals surface area contributed by atoms with Gasteiger partial charge in [-0.05, 0) is 18.6 Å². The summed E-state index contributed by atoms with van der Waals surface area (Å²) in [6.07, 6.45) is 3.74. The Morgan fingerprint density at radius 1 is 1.25 bits per heavy atom. The van der Waals surface area contributed by atoms with Crippen molar-refractivity contribution in [3.05, 3.63) is 58.7 Å². The number of carboxylic acids is 1. The van der Waals surface area contributed by atoms with Crippen molar-refractivity contribution < 1.29 is 14.7 Å². The normalized spacial score (nSPS) is 16.1. The van der Waals surface area contributed by atoms with Crippen molar-refractivity contribution >= 4 is 22.8 Å². The molecule has 3 heterocycles. The number of carbonyl (C=O) groups is 2. The van der Waals surface area contributed by atoms with Crippen molar-refractivity contribution in [1.82, 2.24) is 24.4 Å². The van der Waals surface area contributed by atoms with Crippen molar-refractivity contribution in [1.29, 1.82) is 0 Å². The Morgan fingerprint density at radius 3 is 2.89 bits per heavy atom. The molecule has 0 unspecified atom stereocenters. The number of nitrogens with one attached hydrogen (secondary N) is 1. The number of carboxylic acid groups (broad SMARTS) is 1. The van der Waals surface area contributed by atoms with E-state index in [1.807, 2.05) is 6.07 Å². The van der Waals surface area contributed by atoms with Gasteiger partial charge in [0.25, 0.3) is 5.56 Å². The minimum Gasteiger partial charge on any atom is -0.480 e. The van der Waals surface area contributed by atoms with Crippen LogP contribution in [-0.4, -0.2) is 47.4 Å². The SMILES string of the molecule is O=C(O)[C@H]1Cc2nc[nH]c2CN1C(=O)CCCn1cnc2ccccc2c1=O. The van der Waals surface area contributed by atoms with Gasteiger partial charge >= 0.3 is 5.97 Å². The van der Waals surface area contributed by atoms with E-state index in [0.717, 1.165) is 5.69 Å². The number of nitrogens with zero attached hydrogens (tertiary/aromatic N) is 4. The number of rotatable bonds is 5. The van der Waals surface area contributed by atoms with Crippen LogP contribution in [0.5, 0.6) is 0 Å². The second kappa shape index (κ2) is 7.26. The van der Waals surface area contributed by atoms with E-state index < -0.39 is 12.0 Å². The molecule has 0 aliphatic carbocycles. The monoisotopic (exact) mass is 381 g/mol. The molecule has 9 nitrogen and oxygen atoms in total. The predicted molar refractivity (Wildman–Crippen MR) is 99.5 cm³/mol. The van der Waals surface area contributed by atoms with Gasteiger partial charge in [0, 0.05) is 19.4 Å². The Labute approximate surface area is 159 Å². The third kappa shape index (κ3) is 3.26. The number of hydrogen-bond acceptors (Lipinski definition) is 5. The summed E-state index contributed by atoms with van der Waals surface area (Å²) >= 11 is 0. The Kier molecular flexibility index (Phi) is 4.64. The zero-order chi connectivity index (χ0) is 19.7. The standard InChI is InChI=1S/C19H19N5O4/c25-17(24-9-15-14(20-10-21-15)8-16(24)19(27)28)6-3-7-23-11-22-13-5-2-1-4-12(13)18(23)26/h1-2,4-5,10-11,16H,3,6-9H2,(H,20,21)(H,27,28)/t16-/m1/s1. The van der Waals surface area contributed by atoms with Crippen LogP contribution >= 0.6 is 0 Å². The summed E-state index contributed by atoms with van der Waals surface area (Å²) in [4.78, 5) is 49.4. The van der Waals surface area contributed by atoms with Crippen LogP contribution in [0.25, 0.3) is 10.9 Å². The third-order valence-corrected chi connectivity index (χ3v) is 5.03. The van der Waals surface area contributed by atoms with E-state index in [1.54, 1.807) is 18.2 Å².